The first kappa shape index (κ1) is 15.0. The molecule has 126 valence electrons. The molecular weight excluding hydrogens is 310 g/mol. The van der Waals surface area contributed by atoms with Crippen LogP contribution in [0.4, 0.5) is 5.82 Å². The van der Waals surface area contributed by atoms with Gasteiger partial charge in [-0.1, -0.05) is 5.21 Å². The lowest BCUT2D eigenvalue weighted by Gasteiger charge is -2.41. The summed E-state index contributed by atoms with van der Waals surface area (Å²) in [5.74, 6) is 0.548. The molecule has 0 radical (unpaired) electrons. The van der Waals surface area contributed by atoms with Crippen molar-refractivity contribution in [3.63, 3.8) is 0 Å². The number of rotatable bonds is 2. The van der Waals surface area contributed by atoms with Gasteiger partial charge in [-0.25, -0.2) is 9.67 Å². The first-order valence-corrected chi connectivity index (χ1v) is 7.93. The highest BCUT2D eigenvalue weighted by molar-refractivity contribution is 5.91. The highest BCUT2D eigenvalue weighted by Gasteiger charge is 2.37. The SMILES string of the molecule is CN(C)C(=O)c1cncc(N2CC[C@@H]3OCc4cnnn4[C@H]3C2)n1. The molecule has 24 heavy (non-hydrogen) atoms. The third kappa shape index (κ3) is 2.50. The Morgan fingerprint density at radius 3 is 3.04 bits per heavy atom. The maximum absolute atomic E-state index is 12.1. The van der Waals surface area contributed by atoms with Gasteiger partial charge >= 0.3 is 0 Å². The zero-order chi connectivity index (χ0) is 16.7. The highest BCUT2D eigenvalue weighted by atomic mass is 16.5. The predicted molar refractivity (Wildman–Crippen MR) is 84.5 cm³/mol. The molecule has 9 nitrogen and oxygen atoms in total. The van der Waals surface area contributed by atoms with Gasteiger partial charge in [0.1, 0.15) is 11.5 Å². The molecule has 1 saturated heterocycles. The third-order valence-electron chi connectivity index (χ3n) is 4.50. The third-order valence-corrected chi connectivity index (χ3v) is 4.50. The van der Waals surface area contributed by atoms with Gasteiger partial charge in [0.05, 0.1) is 43.0 Å². The van der Waals surface area contributed by atoms with Crippen LogP contribution in [0.1, 0.15) is 28.6 Å². The molecular formula is C15H19N7O2. The summed E-state index contributed by atoms with van der Waals surface area (Å²) in [4.78, 5) is 24.4. The van der Waals surface area contributed by atoms with Crippen LogP contribution in [-0.2, 0) is 11.3 Å². The Kier molecular flexibility index (Phi) is 3.64. The summed E-state index contributed by atoms with van der Waals surface area (Å²) in [7, 11) is 3.40. The summed E-state index contributed by atoms with van der Waals surface area (Å²) in [6.45, 7) is 2.07. The number of piperidine rings is 1. The van der Waals surface area contributed by atoms with E-state index in [0.29, 0.717) is 24.7 Å². The van der Waals surface area contributed by atoms with Crippen LogP contribution < -0.4 is 4.90 Å². The predicted octanol–water partition coefficient (Wildman–Crippen LogP) is 0.120. The Balaban J connectivity index is 1.59. The van der Waals surface area contributed by atoms with Crippen molar-refractivity contribution in [2.45, 2.75) is 25.2 Å². The van der Waals surface area contributed by atoms with Crippen LogP contribution in [-0.4, -0.2) is 69.1 Å². The van der Waals surface area contributed by atoms with Crippen molar-refractivity contribution >= 4 is 11.7 Å². The van der Waals surface area contributed by atoms with Crippen molar-refractivity contribution in [1.29, 1.82) is 0 Å². The van der Waals surface area contributed by atoms with Crippen molar-refractivity contribution in [3.05, 3.63) is 30.0 Å². The van der Waals surface area contributed by atoms with E-state index in [4.69, 9.17) is 4.74 Å². The number of nitrogens with zero attached hydrogens (tertiary/aromatic N) is 7. The highest BCUT2D eigenvalue weighted by Crippen LogP contribution is 2.31. The Morgan fingerprint density at radius 1 is 1.33 bits per heavy atom. The van der Waals surface area contributed by atoms with Crippen LogP contribution in [0, 0.1) is 0 Å². The molecule has 4 rings (SSSR count). The van der Waals surface area contributed by atoms with Crippen LogP contribution in [0.25, 0.3) is 0 Å². The molecule has 0 bridgehead atoms. The van der Waals surface area contributed by atoms with Crippen molar-refractivity contribution in [2.24, 2.45) is 0 Å². The molecule has 2 aromatic rings. The molecule has 0 unspecified atom stereocenters. The number of hydrogen-bond acceptors (Lipinski definition) is 7. The second-order valence-electron chi connectivity index (χ2n) is 6.28. The fourth-order valence-corrected chi connectivity index (χ4v) is 3.23. The molecule has 0 N–H and O–H groups in total. The van der Waals surface area contributed by atoms with Crippen molar-refractivity contribution in [2.75, 3.05) is 32.1 Å². The molecule has 4 heterocycles. The lowest BCUT2D eigenvalue weighted by atomic mass is 10.0. The monoisotopic (exact) mass is 329 g/mol. The summed E-state index contributed by atoms with van der Waals surface area (Å²) in [5.41, 5.74) is 1.33. The molecule has 2 atom stereocenters. The van der Waals surface area contributed by atoms with Gasteiger partial charge in [0.15, 0.2) is 0 Å². The van der Waals surface area contributed by atoms with Crippen molar-refractivity contribution in [1.82, 2.24) is 29.9 Å². The number of carbonyl (C=O) groups is 1. The molecule has 0 spiro atoms. The number of hydrogen-bond donors (Lipinski definition) is 0. The van der Waals surface area contributed by atoms with Crippen molar-refractivity contribution < 1.29 is 9.53 Å². The largest absolute Gasteiger partial charge is 0.370 e. The zero-order valence-corrected chi connectivity index (χ0v) is 13.7. The van der Waals surface area contributed by atoms with Crippen LogP contribution in [0.2, 0.25) is 0 Å². The minimum Gasteiger partial charge on any atom is -0.370 e. The Hall–Kier alpha value is -2.55. The number of amides is 1. The fourth-order valence-electron chi connectivity index (χ4n) is 3.23. The van der Waals surface area contributed by atoms with E-state index in [-0.39, 0.29) is 18.1 Å². The van der Waals surface area contributed by atoms with E-state index < -0.39 is 0 Å². The number of anilines is 1. The number of aromatic nitrogens is 5. The van der Waals surface area contributed by atoms with E-state index in [1.807, 2.05) is 4.68 Å². The minimum absolute atomic E-state index is 0.0972. The normalized spacial score (nSPS) is 22.7. The van der Waals surface area contributed by atoms with E-state index in [1.165, 1.54) is 11.1 Å². The van der Waals surface area contributed by atoms with Gasteiger partial charge in [-0.2, -0.15) is 0 Å². The van der Waals surface area contributed by atoms with E-state index in [0.717, 1.165) is 18.7 Å². The van der Waals surface area contributed by atoms with Crippen LogP contribution in [0.15, 0.2) is 18.6 Å². The van der Waals surface area contributed by atoms with Gasteiger partial charge < -0.3 is 14.5 Å². The van der Waals surface area contributed by atoms with E-state index >= 15 is 0 Å². The summed E-state index contributed by atoms with van der Waals surface area (Å²) in [5, 5.41) is 8.19. The summed E-state index contributed by atoms with van der Waals surface area (Å²) < 4.78 is 7.87. The van der Waals surface area contributed by atoms with E-state index in [2.05, 4.69) is 25.2 Å². The maximum atomic E-state index is 12.1. The fraction of sp³-hybridized carbons (Fsp3) is 0.533. The molecule has 0 saturated carbocycles. The quantitative estimate of drug-likeness (QED) is 0.773. The number of carbonyl (C=O) groups excluding carboxylic acids is 1. The van der Waals surface area contributed by atoms with Crippen LogP contribution in [0.3, 0.4) is 0 Å². The minimum atomic E-state index is -0.154. The van der Waals surface area contributed by atoms with Gasteiger partial charge in [-0.15, -0.1) is 5.10 Å². The summed E-state index contributed by atoms with van der Waals surface area (Å²) >= 11 is 0. The average Bonchev–Trinajstić information content (AvgIpc) is 3.10. The van der Waals surface area contributed by atoms with Gasteiger partial charge in [0.2, 0.25) is 0 Å². The molecule has 2 aliphatic rings. The molecule has 1 amide bonds. The van der Waals surface area contributed by atoms with E-state index in [9.17, 15) is 4.79 Å². The van der Waals surface area contributed by atoms with Crippen LogP contribution >= 0.6 is 0 Å². The lowest BCUT2D eigenvalue weighted by molar-refractivity contribution is -0.0373. The Bertz CT molecular complexity index is 760. The summed E-state index contributed by atoms with van der Waals surface area (Å²) in [6.07, 6.45) is 5.94. The first-order valence-electron chi connectivity index (χ1n) is 7.93. The molecule has 2 aromatic heterocycles. The second kappa shape index (κ2) is 5.82. The van der Waals surface area contributed by atoms with Crippen molar-refractivity contribution in [3.8, 4) is 0 Å². The smallest absolute Gasteiger partial charge is 0.273 e. The number of ether oxygens (including phenoxy) is 1. The van der Waals surface area contributed by atoms with Crippen LogP contribution in [0.5, 0.6) is 0 Å². The maximum Gasteiger partial charge on any atom is 0.273 e. The van der Waals surface area contributed by atoms with E-state index in [1.54, 1.807) is 26.5 Å². The first-order chi connectivity index (χ1) is 11.6. The summed E-state index contributed by atoms with van der Waals surface area (Å²) in [6, 6.07) is 0.0972. The van der Waals surface area contributed by atoms with Gasteiger partial charge in [0.25, 0.3) is 5.91 Å². The number of fused-ring (bicyclic) bond motifs is 3. The Morgan fingerprint density at radius 2 is 2.21 bits per heavy atom. The molecule has 1 fully saturated rings. The van der Waals surface area contributed by atoms with Gasteiger partial charge in [0, 0.05) is 27.2 Å². The second-order valence-corrected chi connectivity index (χ2v) is 6.28. The topological polar surface area (TPSA) is 89.3 Å². The zero-order valence-electron chi connectivity index (χ0n) is 13.7. The molecule has 0 aromatic carbocycles. The average molecular weight is 329 g/mol. The molecule has 2 aliphatic heterocycles. The molecule has 9 heteroatoms. The molecule has 0 aliphatic carbocycles. The standard InChI is InChI=1S/C15H19N7O2/c1-20(2)15(23)11-6-16-7-14(18-11)21-4-3-13-12(8-21)22-10(9-24-13)5-17-19-22/h5-7,12-13H,3-4,8-9H2,1-2H3/t12-,13-/m0/s1. The van der Waals surface area contributed by atoms with Gasteiger partial charge in [-0.05, 0) is 6.42 Å². The Labute approximate surface area is 139 Å². The van der Waals surface area contributed by atoms with Gasteiger partial charge in [-0.3, -0.25) is 9.78 Å². The lowest BCUT2D eigenvalue weighted by Crippen LogP contribution is -2.48.